The molecule has 0 aliphatic rings. The number of rotatable bonds is 4. The van der Waals surface area contributed by atoms with Gasteiger partial charge in [0.2, 0.25) is 4.77 Å². The van der Waals surface area contributed by atoms with Gasteiger partial charge in [-0.1, -0.05) is 13.0 Å². The normalized spacial score (nSPS) is 11.6. The predicted octanol–water partition coefficient (Wildman–Crippen LogP) is 2.81. The van der Waals surface area contributed by atoms with E-state index in [0.29, 0.717) is 4.77 Å². The fourth-order valence-corrected chi connectivity index (χ4v) is 1.94. The molecule has 0 saturated carbocycles. The molecule has 0 spiro atoms. The molecule has 1 heterocycles. The maximum Gasteiger partial charge on any atom is 0.214 e. The third-order valence-electron chi connectivity index (χ3n) is 2.76. The first kappa shape index (κ1) is 13.4. The molecule has 100 valence electrons. The van der Waals surface area contributed by atoms with Crippen molar-refractivity contribution in [2.75, 3.05) is 5.43 Å². The molecular formula is C13H16N4OS. The van der Waals surface area contributed by atoms with Crippen molar-refractivity contribution in [1.29, 1.82) is 0 Å². The minimum Gasteiger partial charge on any atom is -0.508 e. The number of aryl methyl sites for hydroxylation is 1. The molecule has 0 unspecified atom stereocenters. The van der Waals surface area contributed by atoms with E-state index >= 15 is 0 Å². The Kier molecular flexibility index (Phi) is 4.01. The summed E-state index contributed by atoms with van der Waals surface area (Å²) in [5.74, 6) is 1.08. The van der Waals surface area contributed by atoms with Gasteiger partial charge in [0.1, 0.15) is 5.75 Å². The van der Waals surface area contributed by atoms with Crippen LogP contribution in [0.4, 0.5) is 0 Å². The molecule has 0 amide bonds. The third kappa shape index (κ3) is 2.85. The first-order valence-corrected chi connectivity index (χ1v) is 6.45. The van der Waals surface area contributed by atoms with Crippen LogP contribution >= 0.6 is 12.2 Å². The number of aromatic amines is 1. The Hall–Kier alpha value is -2.08. The molecule has 0 fully saturated rings. The lowest BCUT2D eigenvalue weighted by molar-refractivity contribution is 0.475. The molecule has 6 heteroatoms. The van der Waals surface area contributed by atoms with Gasteiger partial charge < -0.3 is 5.11 Å². The first-order valence-electron chi connectivity index (χ1n) is 6.04. The number of nitrogens with one attached hydrogen (secondary N) is 2. The van der Waals surface area contributed by atoms with Crippen LogP contribution < -0.4 is 5.43 Å². The number of phenolic OH excluding ortho intramolecular Hbond substituents is 1. The first-order chi connectivity index (χ1) is 9.15. The van der Waals surface area contributed by atoms with Gasteiger partial charge in [-0.15, -0.1) is 0 Å². The Morgan fingerprint density at radius 1 is 1.47 bits per heavy atom. The number of allylic oxidation sites excluding steroid dienone is 1. The highest BCUT2D eigenvalue weighted by molar-refractivity contribution is 7.71. The lowest BCUT2D eigenvalue weighted by atomic mass is 10.1. The van der Waals surface area contributed by atoms with Crippen LogP contribution in [0.5, 0.6) is 5.75 Å². The van der Waals surface area contributed by atoms with Crippen LogP contribution in [-0.2, 0) is 6.42 Å². The topological polar surface area (TPSA) is 65.9 Å². The number of benzene rings is 1. The lowest BCUT2D eigenvalue weighted by Crippen LogP contribution is -2.16. The summed E-state index contributed by atoms with van der Waals surface area (Å²) in [6.45, 7) is 3.95. The molecule has 0 bridgehead atoms. The average molecular weight is 276 g/mol. The largest absolute Gasteiger partial charge is 0.508 e. The fourth-order valence-electron chi connectivity index (χ4n) is 1.74. The second-order valence-corrected chi connectivity index (χ2v) is 4.38. The van der Waals surface area contributed by atoms with Crippen LogP contribution in [-0.4, -0.2) is 20.0 Å². The highest BCUT2D eigenvalue weighted by Crippen LogP contribution is 2.17. The molecule has 0 saturated heterocycles. The van der Waals surface area contributed by atoms with E-state index in [1.807, 2.05) is 32.1 Å². The summed E-state index contributed by atoms with van der Waals surface area (Å²) in [6.07, 6.45) is 2.72. The Labute approximate surface area is 116 Å². The number of phenols is 1. The van der Waals surface area contributed by atoms with Gasteiger partial charge in [-0.2, -0.15) is 5.10 Å². The zero-order chi connectivity index (χ0) is 13.8. The second-order valence-electron chi connectivity index (χ2n) is 3.99. The molecule has 5 nitrogen and oxygen atoms in total. The molecule has 0 aliphatic carbocycles. The number of nitrogens with zero attached hydrogens (tertiary/aromatic N) is 2. The van der Waals surface area contributed by atoms with Crippen LogP contribution in [0.3, 0.4) is 0 Å². The number of aromatic hydroxyl groups is 1. The Morgan fingerprint density at radius 2 is 2.16 bits per heavy atom. The zero-order valence-corrected chi connectivity index (χ0v) is 11.7. The molecule has 0 aliphatic heterocycles. The van der Waals surface area contributed by atoms with Gasteiger partial charge in [-0.3, -0.25) is 10.5 Å². The van der Waals surface area contributed by atoms with Crippen molar-refractivity contribution in [1.82, 2.24) is 14.9 Å². The van der Waals surface area contributed by atoms with Crippen LogP contribution in [0.1, 0.15) is 25.2 Å². The van der Waals surface area contributed by atoms with Gasteiger partial charge in [0, 0.05) is 6.42 Å². The van der Waals surface area contributed by atoms with Gasteiger partial charge >= 0.3 is 0 Å². The molecule has 0 radical (unpaired) electrons. The van der Waals surface area contributed by atoms with Crippen molar-refractivity contribution in [3.63, 3.8) is 0 Å². The van der Waals surface area contributed by atoms with E-state index in [-0.39, 0.29) is 5.75 Å². The van der Waals surface area contributed by atoms with Crippen LogP contribution in [0.25, 0.3) is 5.70 Å². The molecule has 1 aromatic heterocycles. The summed E-state index contributed by atoms with van der Waals surface area (Å²) >= 11 is 5.19. The Balaban J connectivity index is 2.32. The summed E-state index contributed by atoms with van der Waals surface area (Å²) in [5.41, 5.74) is 5.09. The lowest BCUT2D eigenvalue weighted by Gasteiger charge is -2.13. The molecule has 2 rings (SSSR count). The number of H-pyrrole nitrogens is 1. The van der Waals surface area contributed by atoms with Crippen molar-refractivity contribution < 1.29 is 5.11 Å². The Morgan fingerprint density at radius 3 is 2.74 bits per heavy atom. The highest BCUT2D eigenvalue weighted by atomic mass is 32.1. The van der Waals surface area contributed by atoms with Crippen molar-refractivity contribution in [2.24, 2.45) is 0 Å². The minimum atomic E-state index is 0.244. The predicted molar refractivity (Wildman–Crippen MR) is 77.9 cm³/mol. The molecular weight excluding hydrogens is 260 g/mol. The fraction of sp³-hybridized carbons (Fsp3) is 0.231. The van der Waals surface area contributed by atoms with Crippen LogP contribution in [0, 0.1) is 4.77 Å². The SMILES string of the molecule is C/C=C(\Nn1c(CC)n[nH]c1=S)c1ccc(O)cc1. The number of hydrogen-bond donors (Lipinski definition) is 3. The van der Waals surface area contributed by atoms with Gasteiger partial charge in [-0.25, -0.2) is 4.68 Å². The highest BCUT2D eigenvalue weighted by Gasteiger charge is 2.06. The molecule has 2 aromatic rings. The minimum absolute atomic E-state index is 0.244. The number of hydrogen-bond acceptors (Lipinski definition) is 4. The van der Waals surface area contributed by atoms with Crippen molar-refractivity contribution >= 4 is 17.9 Å². The summed E-state index contributed by atoms with van der Waals surface area (Å²) < 4.78 is 2.27. The third-order valence-corrected chi connectivity index (χ3v) is 3.03. The van der Waals surface area contributed by atoms with Crippen molar-refractivity contribution in [2.45, 2.75) is 20.3 Å². The maximum absolute atomic E-state index is 9.32. The zero-order valence-electron chi connectivity index (χ0n) is 10.8. The van der Waals surface area contributed by atoms with E-state index in [4.69, 9.17) is 12.2 Å². The Bertz CT molecular complexity index is 639. The van der Waals surface area contributed by atoms with Crippen molar-refractivity contribution in [3.8, 4) is 5.75 Å². The van der Waals surface area contributed by atoms with Gasteiger partial charge in [-0.05, 0) is 49.0 Å². The van der Waals surface area contributed by atoms with Crippen LogP contribution in [0.2, 0.25) is 0 Å². The van der Waals surface area contributed by atoms with Gasteiger partial charge in [0.05, 0.1) is 5.70 Å². The smallest absolute Gasteiger partial charge is 0.214 e. The summed E-state index contributed by atoms with van der Waals surface area (Å²) in [5, 5.41) is 16.2. The molecule has 19 heavy (non-hydrogen) atoms. The quantitative estimate of drug-likeness (QED) is 0.751. The van der Waals surface area contributed by atoms with E-state index in [9.17, 15) is 5.11 Å². The monoisotopic (exact) mass is 276 g/mol. The summed E-state index contributed by atoms with van der Waals surface area (Å²) in [7, 11) is 0. The van der Waals surface area contributed by atoms with Crippen LogP contribution in [0.15, 0.2) is 30.3 Å². The maximum atomic E-state index is 9.32. The van der Waals surface area contributed by atoms with E-state index in [1.165, 1.54) is 0 Å². The van der Waals surface area contributed by atoms with E-state index in [2.05, 4.69) is 15.6 Å². The van der Waals surface area contributed by atoms with E-state index < -0.39 is 0 Å². The van der Waals surface area contributed by atoms with Gasteiger partial charge in [0.15, 0.2) is 5.82 Å². The van der Waals surface area contributed by atoms with E-state index in [0.717, 1.165) is 23.5 Å². The van der Waals surface area contributed by atoms with E-state index in [1.54, 1.807) is 16.8 Å². The second kappa shape index (κ2) is 5.71. The number of aromatic nitrogens is 3. The molecule has 3 N–H and O–H groups in total. The van der Waals surface area contributed by atoms with Crippen molar-refractivity contribution in [3.05, 3.63) is 46.5 Å². The average Bonchev–Trinajstić information content (AvgIpc) is 2.78. The molecule has 1 aromatic carbocycles. The van der Waals surface area contributed by atoms with Gasteiger partial charge in [0.25, 0.3) is 0 Å². The molecule has 0 atom stereocenters. The summed E-state index contributed by atoms with van der Waals surface area (Å²) in [4.78, 5) is 0. The standard InChI is InChI=1S/C13H16N4OS/c1-3-11(9-5-7-10(18)8-6-9)16-17-12(4-2)14-15-13(17)19/h3,5-8,16,18H,4H2,1-2H3,(H,15,19)/b11-3-. The summed E-state index contributed by atoms with van der Waals surface area (Å²) in [6, 6.07) is 6.98.